The summed E-state index contributed by atoms with van der Waals surface area (Å²) >= 11 is 0. The molecule has 1 atom stereocenters. The van der Waals surface area contributed by atoms with Gasteiger partial charge in [-0.3, -0.25) is 0 Å². The van der Waals surface area contributed by atoms with Gasteiger partial charge in [-0.1, -0.05) is 95.6 Å². The molecule has 0 aliphatic heterocycles. The summed E-state index contributed by atoms with van der Waals surface area (Å²) in [4.78, 5) is 0. The summed E-state index contributed by atoms with van der Waals surface area (Å²) in [5.41, 5.74) is 4.77. The molecule has 0 radical (unpaired) electrons. The van der Waals surface area contributed by atoms with Crippen LogP contribution < -0.4 is 21.2 Å². The van der Waals surface area contributed by atoms with Crippen molar-refractivity contribution in [3.63, 3.8) is 0 Å². The molecule has 1 nitrogen and oxygen atoms in total. The van der Waals surface area contributed by atoms with Crippen molar-refractivity contribution in [3.05, 3.63) is 108 Å². The van der Waals surface area contributed by atoms with Crippen LogP contribution in [0.4, 0.5) is 0 Å². The lowest BCUT2D eigenvalue weighted by Crippen LogP contribution is -2.25. The van der Waals surface area contributed by atoms with Gasteiger partial charge in [0.25, 0.3) is 0 Å². The van der Waals surface area contributed by atoms with Crippen LogP contribution in [0.25, 0.3) is 11.1 Å². The van der Waals surface area contributed by atoms with Crippen LogP contribution in [0.1, 0.15) is 31.9 Å². The van der Waals surface area contributed by atoms with E-state index in [1.807, 2.05) is 6.07 Å². The van der Waals surface area contributed by atoms with Crippen molar-refractivity contribution in [1.82, 2.24) is 0 Å². The van der Waals surface area contributed by atoms with Gasteiger partial charge in [0, 0.05) is 5.56 Å². The maximum atomic E-state index is 13.7. The molecule has 0 saturated carbocycles. The predicted octanol–water partition coefficient (Wildman–Crippen LogP) is 6.98. The second kappa shape index (κ2) is 9.72. The van der Waals surface area contributed by atoms with E-state index >= 15 is 0 Å². The van der Waals surface area contributed by atoms with Gasteiger partial charge in [0.2, 0.25) is 0 Å². The average Bonchev–Trinajstić information content (AvgIpc) is 2.80. The Morgan fingerprint density at radius 1 is 0.606 bits per heavy atom. The van der Waals surface area contributed by atoms with Crippen LogP contribution in [0.2, 0.25) is 0 Å². The summed E-state index contributed by atoms with van der Waals surface area (Å²) in [6.45, 7) is 10.5. The van der Waals surface area contributed by atoms with E-state index in [9.17, 15) is 4.57 Å². The maximum absolute atomic E-state index is 13.7. The molecule has 4 aromatic rings. The molecular weight excluding hydrogens is 438 g/mol. The largest absolute Gasteiger partial charge is 0.382 e. The zero-order chi connectivity index (χ0) is 23.6. The van der Waals surface area contributed by atoms with Crippen molar-refractivity contribution < 1.29 is 4.57 Å². The molecule has 0 aliphatic rings. The van der Waals surface area contributed by atoms with E-state index in [-0.39, 0.29) is 5.16 Å². The molecule has 1 unspecified atom stereocenters. The second-order valence-electron chi connectivity index (χ2n) is 9.41. The zero-order valence-corrected chi connectivity index (χ0v) is 21.8. The van der Waals surface area contributed by atoms with Crippen LogP contribution in [0, 0.1) is 13.8 Å². The van der Waals surface area contributed by atoms with Crippen molar-refractivity contribution in [1.29, 1.82) is 0 Å². The number of hydrogen-bond acceptors (Lipinski definition) is 1. The van der Waals surface area contributed by atoms with Gasteiger partial charge in [-0.2, -0.15) is 0 Å². The monoisotopic (exact) mass is 469 g/mol. The molecule has 0 amide bonds. The third-order valence-electron chi connectivity index (χ3n) is 5.85. The Kier molecular flexibility index (Phi) is 6.94. The first kappa shape index (κ1) is 23.6. The van der Waals surface area contributed by atoms with Gasteiger partial charge >= 0.3 is 7.80 Å². The Morgan fingerprint density at radius 3 is 1.61 bits per heavy atom. The second-order valence-corrected chi connectivity index (χ2v) is 14.0. The topological polar surface area (TPSA) is 17.1 Å². The lowest BCUT2D eigenvalue weighted by molar-refractivity contribution is 0.572. The first-order valence-electron chi connectivity index (χ1n) is 11.4. The van der Waals surface area contributed by atoms with Crippen molar-refractivity contribution in [2.24, 2.45) is 0 Å². The van der Waals surface area contributed by atoms with Crippen LogP contribution in [-0.4, -0.2) is 5.16 Å². The van der Waals surface area contributed by atoms with E-state index < -0.39 is 15.7 Å². The number of benzene rings is 4. The summed E-state index contributed by atoms with van der Waals surface area (Å²) in [6.07, 6.45) is 0. The summed E-state index contributed by atoms with van der Waals surface area (Å²) < 4.78 is 13.7. The van der Waals surface area contributed by atoms with Crippen molar-refractivity contribution in [3.8, 4) is 11.1 Å². The molecule has 4 aromatic carbocycles. The molecule has 0 N–H and O–H groups in total. The Bertz CT molecular complexity index is 1230. The summed E-state index contributed by atoms with van der Waals surface area (Å²) in [7, 11) is -2.35. The lowest BCUT2D eigenvalue weighted by Gasteiger charge is -2.24. The quantitative estimate of drug-likeness (QED) is 0.288. The van der Waals surface area contributed by atoms with E-state index in [1.165, 1.54) is 32.6 Å². The minimum absolute atomic E-state index is 0.301. The average molecular weight is 470 g/mol. The van der Waals surface area contributed by atoms with Gasteiger partial charge in [0.1, 0.15) is 0 Å². The fourth-order valence-corrected chi connectivity index (χ4v) is 8.23. The molecular formula is C30H31OP2+. The van der Waals surface area contributed by atoms with Crippen LogP contribution in [0.15, 0.2) is 97.1 Å². The summed E-state index contributed by atoms with van der Waals surface area (Å²) in [5.74, 6) is 0. The van der Waals surface area contributed by atoms with E-state index in [0.29, 0.717) is 0 Å². The standard InChI is InChI=1S/C30H31OP2/c1-22-14-12-20-26(32(24-16-8-6-9-17-24)25-18-10-7-11-19-25)28(22)29-23(2)15-13-21-27(29)33(31)30(3,4)5/h6-21H,1-5H3/q+1. The van der Waals surface area contributed by atoms with Gasteiger partial charge in [-0.15, -0.1) is 0 Å². The van der Waals surface area contributed by atoms with Crippen LogP contribution >= 0.6 is 15.7 Å². The number of rotatable bonds is 5. The fraction of sp³-hybridized carbons (Fsp3) is 0.200. The molecule has 166 valence electrons. The Balaban J connectivity index is 2.05. The van der Waals surface area contributed by atoms with E-state index in [4.69, 9.17) is 0 Å². The summed E-state index contributed by atoms with van der Waals surface area (Å²) in [6, 6.07) is 34.5. The van der Waals surface area contributed by atoms with Crippen molar-refractivity contribution in [2.75, 3.05) is 0 Å². The Hall–Kier alpha value is -2.59. The minimum atomic E-state index is -1.57. The SMILES string of the molecule is Cc1cccc(P(c2ccccc2)c2ccccc2)c1-c1c(C)cccc1[P+](=O)C(C)(C)C. The fourth-order valence-electron chi connectivity index (χ4n) is 4.25. The number of aryl methyl sites for hydroxylation is 2. The smallest absolute Gasteiger partial charge is 0.0674 e. The Labute approximate surface area is 200 Å². The van der Waals surface area contributed by atoms with Crippen molar-refractivity contribution in [2.45, 2.75) is 39.8 Å². The maximum Gasteiger partial charge on any atom is 0.382 e. The van der Waals surface area contributed by atoms with E-state index in [0.717, 1.165) is 10.9 Å². The van der Waals surface area contributed by atoms with Gasteiger partial charge < -0.3 is 0 Å². The highest BCUT2D eigenvalue weighted by atomic mass is 31.1. The first-order valence-corrected chi connectivity index (χ1v) is 14.0. The molecule has 0 saturated heterocycles. The lowest BCUT2D eigenvalue weighted by atomic mass is 9.96. The van der Waals surface area contributed by atoms with Gasteiger partial charge in [0.15, 0.2) is 10.5 Å². The van der Waals surface area contributed by atoms with E-state index in [2.05, 4.69) is 126 Å². The first-order chi connectivity index (χ1) is 15.8. The molecule has 0 aliphatic carbocycles. The summed E-state index contributed by atoms with van der Waals surface area (Å²) in [5, 5.41) is 4.62. The number of hydrogen-bond donors (Lipinski definition) is 0. The molecule has 0 fully saturated rings. The van der Waals surface area contributed by atoms with Crippen LogP contribution in [-0.2, 0) is 4.57 Å². The molecule has 0 spiro atoms. The molecule has 0 heterocycles. The van der Waals surface area contributed by atoms with E-state index in [1.54, 1.807) is 0 Å². The highest BCUT2D eigenvalue weighted by Gasteiger charge is 2.39. The van der Waals surface area contributed by atoms with Crippen LogP contribution in [0.3, 0.4) is 0 Å². The van der Waals surface area contributed by atoms with Gasteiger partial charge in [-0.25, -0.2) is 0 Å². The van der Waals surface area contributed by atoms with Gasteiger partial charge in [-0.05, 0) is 81.2 Å². The predicted molar refractivity (Wildman–Crippen MR) is 147 cm³/mol. The van der Waals surface area contributed by atoms with Gasteiger partial charge in [0.05, 0.1) is 0 Å². The normalized spacial score (nSPS) is 12.1. The minimum Gasteiger partial charge on any atom is -0.0674 e. The molecule has 33 heavy (non-hydrogen) atoms. The third-order valence-corrected chi connectivity index (χ3v) is 10.4. The Morgan fingerprint density at radius 2 is 1.09 bits per heavy atom. The van der Waals surface area contributed by atoms with Crippen LogP contribution in [0.5, 0.6) is 0 Å². The molecule has 0 aromatic heterocycles. The highest BCUT2D eigenvalue weighted by molar-refractivity contribution is 7.80. The molecule has 0 bridgehead atoms. The zero-order valence-electron chi connectivity index (χ0n) is 20.0. The third kappa shape index (κ3) is 4.86. The molecule has 4 rings (SSSR count). The van der Waals surface area contributed by atoms with Crippen molar-refractivity contribution >= 4 is 36.9 Å². The highest BCUT2D eigenvalue weighted by Crippen LogP contribution is 2.44. The molecule has 3 heteroatoms.